The van der Waals surface area contributed by atoms with Gasteiger partial charge in [-0.3, -0.25) is 14.5 Å². The van der Waals surface area contributed by atoms with E-state index in [1.165, 1.54) is 17.0 Å². The molecule has 2 amide bonds. The first kappa shape index (κ1) is 28.2. The van der Waals surface area contributed by atoms with E-state index in [0.717, 1.165) is 29.5 Å². The lowest BCUT2D eigenvalue weighted by atomic mass is 10.1. The number of nitrogens with one attached hydrogen (secondary N) is 1. The number of rotatable bonds is 9. The van der Waals surface area contributed by atoms with Crippen molar-refractivity contribution in [2.75, 3.05) is 18.5 Å². The summed E-state index contributed by atoms with van der Waals surface area (Å²) in [7, 11) is 0. The molecule has 204 valence electrons. The van der Waals surface area contributed by atoms with Crippen LogP contribution in [0.25, 0.3) is 0 Å². The molecule has 1 unspecified atom stereocenters. The van der Waals surface area contributed by atoms with E-state index in [4.69, 9.17) is 4.74 Å². The molecule has 39 heavy (non-hydrogen) atoms. The van der Waals surface area contributed by atoms with Crippen molar-refractivity contribution in [3.05, 3.63) is 90.0 Å². The van der Waals surface area contributed by atoms with Gasteiger partial charge in [-0.2, -0.15) is 13.2 Å². The van der Waals surface area contributed by atoms with E-state index in [2.05, 4.69) is 10.3 Å². The molecule has 0 radical (unpaired) electrons. The maximum atomic E-state index is 13.3. The number of thioether (sulfide) groups is 1. The zero-order valence-corrected chi connectivity index (χ0v) is 22.1. The fourth-order valence-electron chi connectivity index (χ4n) is 4.03. The number of alkyl halides is 3. The van der Waals surface area contributed by atoms with Crippen LogP contribution in [0.4, 0.5) is 24.5 Å². The third-order valence-corrected chi connectivity index (χ3v) is 7.14. The second-order valence-corrected chi connectivity index (χ2v) is 10.0. The predicted molar refractivity (Wildman–Crippen MR) is 147 cm³/mol. The van der Waals surface area contributed by atoms with Crippen LogP contribution in [0.3, 0.4) is 0 Å². The third kappa shape index (κ3) is 7.86. The number of carbonyl (C=O) groups excluding carboxylic acids is 2. The molecule has 3 aromatic rings. The van der Waals surface area contributed by atoms with Crippen LogP contribution in [0.5, 0.6) is 5.75 Å². The Kier molecular flexibility index (Phi) is 9.29. The number of amidine groups is 1. The van der Waals surface area contributed by atoms with Crippen LogP contribution in [-0.2, 0) is 22.2 Å². The summed E-state index contributed by atoms with van der Waals surface area (Å²) in [5, 5.41) is 2.21. The van der Waals surface area contributed by atoms with Gasteiger partial charge >= 0.3 is 6.18 Å². The molecule has 0 aromatic heterocycles. The second kappa shape index (κ2) is 12.8. The van der Waals surface area contributed by atoms with Gasteiger partial charge in [0.05, 0.1) is 17.9 Å². The zero-order chi connectivity index (χ0) is 27.8. The number of ether oxygens (including phenoxy) is 1. The van der Waals surface area contributed by atoms with Crippen molar-refractivity contribution in [1.82, 2.24) is 4.90 Å². The van der Waals surface area contributed by atoms with Crippen molar-refractivity contribution in [1.29, 1.82) is 0 Å². The van der Waals surface area contributed by atoms with Crippen LogP contribution in [0.2, 0.25) is 0 Å². The second-order valence-electron chi connectivity index (χ2n) is 8.83. The average Bonchev–Trinajstić information content (AvgIpc) is 2.91. The summed E-state index contributed by atoms with van der Waals surface area (Å²) in [6.07, 6.45) is -3.24. The standard InChI is InChI=1S/C29H28F3N3O3S/c1-2-38-24-15-13-22(14-16-24)33-27(37)25-19-26(36)35(17-7-10-20-8-4-3-5-9-20)28(39-25)34-23-12-6-11-21(18-23)29(30,31)32/h3-6,8-9,11-16,18,25H,2,7,10,17,19H2,1H3,(H,33,37). The minimum atomic E-state index is -4.53. The van der Waals surface area contributed by atoms with Crippen molar-refractivity contribution < 1.29 is 27.5 Å². The van der Waals surface area contributed by atoms with Crippen molar-refractivity contribution >= 4 is 40.1 Å². The number of aryl methyl sites for hydroxylation is 1. The summed E-state index contributed by atoms with van der Waals surface area (Å²) < 4.78 is 45.2. The van der Waals surface area contributed by atoms with Gasteiger partial charge in [-0.25, -0.2) is 4.99 Å². The Balaban J connectivity index is 1.53. The summed E-state index contributed by atoms with van der Waals surface area (Å²) in [6.45, 7) is 2.71. The Labute approximate surface area is 229 Å². The van der Waals surface area contributed by atoms with Crippen LogP contribution in [-0.4, -0.2) is 40.3 Å². The number of amides is 2. The highest BCUT2D eigenvalue weighted by Gasteiger charge is 2.36. The molecular formula is C29H28F3N3O3S. The Morgan fingerprint density at radius 1 is 1.08 bits per heavy atom. The molecule has 1 saturated heterocycles. The number of halogens is 3. The molecule has 0 saturated carbocycles. The molecule has 1 fully saturated rings. The molecule has 10 heteroatoms. The van der Waals surface area contributed by atoms with Crippen LogP contribution >= 0.6 is 11.8 Å². The van der Waals surface area contributed by atoms with E-state index < -0.39 is 22.9 Å². The lowest BCUT2D eigenvalue weighted by Crippen LogP contribution is -2.45. The van der Waals surface area contributed by atoms with E-state index in [-0.39, 0.29) is 23.2 Å². The van der Waals surface area contributed by atoms with Crippen molar-refractivity contribution in [2.24, 2.45) is 4.99 Å². The van der Waals surface area contributed by atoms with Crippen molar-refractivity contribution in [2.45, 2.75) is 37.6 Å². The minimum absolute atomic E-state index is 0.0551. The van der Waals surface area contributed by atoms with Gasteiger partial charge in [0.1, 0.15) is 11.0 Å². The topological polar surface area (TPSA) is 71.0 Å². The van der Waals surface area contributed by atoms with Crippen LogP contribution in [0.1, 0.15) is 30.9 Å². The van der Waals surface area contributed by atoms with Crippen LogP contribution in [0.15, 0.2) is 83.9 Å². The number of aliphatic imine (C=N–C) groups is 1. The highest BCUT2D eigenvalue weighted by Crippen LogP contribution is 2.34. The SMILES string of the molecule is CCOc1ccc(NC(=O)C2CC(=O)N(CCCc3ccccc3)C(=Nc3cccc(C(F)(F)F)c3)S2)cc1. The molecule has 0 bridgehead atoms. The number of hydrogen-bond donors (Lipinski definition) is 1. The monoisotopic (exact) mass is 555 g/mol. The van der Waals surface area contributed by atoms with E-state index in [0.29, 0.717) is 37.4 Å². The van der Waals surface area contributed by atoms with Gasteiger partial charge in [-0.15, -0.1) is 0 Å². The first-order chi connectivity index (χ1) is 18.7. The fraction of sp³-hybridized carbons (Fsp3) is 0.276. The highest BCUT2D eigenvalue weighted by molar-refractivity contribution is 8.15. The summed E-state index contributed by atoms with van der Waals surface area (Å²) in [4.78, 5) is 32.2. The lowest BCUT2D eigenvalue weighted by Gasteiger charge is -2.32. The maximum Gasteiger partial charge on any atom is 0.416 e. The normalized spacial score (nSPS) is 16.8. The van der Waals surface area contributed by atoms with E-state index in [9.17, 15) is 22.8 Å². The molecule has 4 rings (SSSR count). The predicted octanol–water partition coefficient (Wildman–Crippen LogP) is 6.70. The average molecular weight is 556 g/mol. The summed E-state index contributed by atoms with van der Waals surface area (Å²) in [6, 6.07) is 21.3. The number of carbonyl (C=O) groups is 2. The first-order valence-corrected chi connectivity index (χ1v) is 13.4. The molecule has 6 nitrogen and oxygen atoms in total. The van der Waals surface area contributed by atoms with Crippen molar-refractivity contribution in [3.8, 4) is 5.75 Å². The third-order valence-electron chi connectivity index (χ3n) is 5.95. The summed E-state index contributed by atoms with van der Waals surface area (Å²) in [5.74, 6) is -0.0306. The molecule has 1 heterocycles. The highest BCUT2D eigenvalue weighted by atomic mass is 32.2. The summed E-state index contributed by atoms with van der Waals surface area (Å²) >= 11 is 1.07. The van der Waals surface area contributed by atoms with Gasteiger partial charge in [-0.05, 0) is 67.8 Å². The first-order valence-electron chi connectivity index (χ1n) is 12.5. The van der Waals surface area contributed by atoms with Gasteiger partial charge < -0.3 is 10.1 Å². The molecule has 1 atom stereocenters. The molecule has 1 aliphatic heterocycles. The van der Waals surface area contributed by atoms with E-state index in [1.54, 1.807) is 24.3 Å². The minimum Gasteiger partial charge on any atom is -0.494 e. The maximum absolute atomic E-state index is 13.3. The number of anilines is 1. The molecule has 1 aliphatic rings. The Morgan fingerprint density at radius 2 is 1.82 bits per heavy atom. The Hall–Kier alpha value is -3.79. The quantitative estimate of drug-likeness (QED) is 0.319. The van der Waals surface area contributed by atoms with Gasteiger partial charge in [0.2, 0.25) is 11.8 Å². The number of benzene rings is 3. The van der Waals surface area contributed by atoms with Crippen LogP contribution in [0, 0.1) is 0 Å². The van der Waals surface area contributed by atoms with Gasteiger partial charge in [0, 0.05) is 18.7 Å². The molecule has 0 spiro atoms. The van der Waals surface area contributed by atoms with Gasteiger partial charge in [0.25, 0.3) is 0 Å². The molecule has 1 N–H and O–H groups in total. The Bertz CT molecular complexity index is 1310. The largest absolute Gasteiger partial charge is 0.494 e. The number of hydrogen-bond acceptors (Lipinski definition) is 5. The van der Waals surface area contributed by atoms with Crippen LogP contribution < -0.4 is 10.1 Å². The summed E-state index contributed by atoms with van der Waals surface area (Å²) in [5.41, 5.74) is 0.870. The zero-order valence-electron chi connectivity index (χ0n) is 21.3. The lowest BCUT2D eigenvalue weighted by molar-refractivity contribution is -0.137. The molecule has 0 aliphatic carbocycles. The number of nitrogens with zero attached hydrogens (tertiary/aromatic N) is 2. The van der Waals surface area contributed by atoms with Gasteiger partial charge in [-0.1, -0.05) is 48.2 Å². The molecule has 3 aromatic carbocycles. The van der Waals surface area contributed by atoms with Crippen molar-refractivity contribution in [3.63, 3.8) is 0 Å². The smallest absolute Gasteiger partial charge is 0.416 e. The molecular weight excluding hydrogens is 527 g/mol. The van der Waals surface area contributed by atoms with Gasteiger partial charge in [0.15, 0.2) is 5.17 Å². The van der Waals surface area contributed by atoms with E-state index >= 15 is 0 Å². The van der Waals surface area contributed by atoms with E-state index in [1.807, 2.05) is 37.3 Å². The fourth-order valence-corrected chi connectivity index (χ4v) is 5.16. The Morgan fingerprint density at radius 3 is 2.51 bits per heavy atom.